The number of H-pyrrole nitrogens is 1. The first-order valence-corrected chi connectivity index (χ1v) is 11.7. The SMILES string of the molecule is Cc1cn2c(Nc3cc(C)[nH]n3)nc(-c3cccc(S(=O)(=O)N4CC[C@H](O)C4)c3)cc2n1. The Labute approximate surface area is 185 Å². The van der Waals surface area contributed by atoms with Crippen molar-refractivity contribution in [3.63, 3.8) is 0 Å². The summed E-state index contributed by atoms with van der Waals surface area (Å²) in [7, 11) is -3.70. The van der Waals surface area contributed by atoms with Gasteiger partial charge in [-0.25, -0.2) is 18.4 Å². The number of fused-ring (bicyclic) bond motifs is 1. The number of benzene rings is 1. The van der Waals surface area contributed by atoms with Crippen molar-refractivity contribution in [2.75, 3.05) is 18.4 Å². The molecule has 0 aliphatic carbocycles. The first kappa shape index (κ1) is 20.6. The van der Waals surface area contributed by atoms with Crippen LogP contribution in [0.15, 0.2) is 47.5 Å². The van der Waals surface area contributed by atoms with Gasteiger partial charge in [-0.3, -0.25) is 9.50 Å². The normalized spacial score (nSPS) is 17.3. The smallest absolute Gasteiger partial charge is 0.243 e. The van der Waals surface area contributed by atoms with Gasteiger partial charge in [-0.1, -0.05) is 12.1 Å². The zero-order valence-electron chi connectivity index (χ0n) is 17.6. The van der Waals surface area contributed by atoms with Gasteiger partial charge in [-0.15, -0.1) is 0 Å². The molecule has 0 spiro atoms. The third-order valence-corrected chi connectivity index (χ3v) is 7.27. The van der Waals surface area contributed by atoms with E-state index in [2.05, 4.69) is 20.5 Å². The third-order valence-electron chi connectivity index (χ3n) is 5.41. The second-order valence-corrected chi connectivity index (χ2v) is 9.91. The van der Waals surface area contributed by atoms with Gasteiger partial charge < -0.3 is 10.4 Å². The Morgan fingerprint density at radius 1 is 1.19 bits per heavy atom. The van der Waals surface area contributed by atoms with Gasteiger partial charge in [0.1, 0.15) is 5.65 Å². The molecule has 11 heteroatoms. The summed E-state index contributed by atoms with van der Waals surface area (Å²) in [6.07, 6.45) is 1.69. The number of aliphatic hydroxyl groups excluding tert-OH is 1. The maximum Gasteiger partial charge on any atom is 0.243 e. The number of aliphatic hydroxyl groups is 1. The third kappa shape index (κ3) is 3.74. The molecular weight excluding hydrogens is 430 g/mol. The molecule has 1 aromatic carbocycles. The van der Waals surface area contributed by atoms with Crippen molar-refractivity contribution in [3.05, 3.63) is 54.0 Å². The minimum absolute atomic E-state index is 0.112. The molecule has 1 saturated heterocycles. The maximum absolute atomic E-state index is 13.0. The lowest BCUT2D eigenvalue weighted by atomic mass is 10.1. The molecule has 1 fully saturated rings. The molecule has 0 unspecified atom stereocenters. The molecule has 5 rings (SSSR count). The van der Waals surface area contributed by atoms with E-state index in [4.69, 9.17) is 4.98 Å². The Bertz CT molecular complexity index is 1410. The molecule has 3 N–H and O–H groups in total. The second-order valence-electron chi connectivity index (χ2n) is 7.97. The van der Waals surface area contributed by atoms with Crippen molar-refractivity contribution in [2.45, 2.75) is 31.3 Å². The summed E-state index contributed by atoms with van der Waals surface area (Å²) in [6.45, 7) is 4.22. The maximum atomic E-state index is 13.0. The summed E-state index contributed by atoms with van der Waals surface area (Å²) >= 11 is 0. The number of aromatic nitrogens is 5. The molecule has 166 valence electrons. The number of anilines is 2. The molecule has 10 nitrogen and oxygen atoms in total. The highest BCUT2D eigenvalue weighted by Gasteiger charge is 2.31. The number of hydrogen-bond donors (Lipinski definition) is 3. The van der Waals surface area contributed by atoms with Gasteiger partial charge in [0.15, 0.2) is 5.82 Å². The number of nitrogens with zero attached hydrogens (tertiary/aromatic N) is 5. The fourth-order valence-electron chi connectivity index (χ4n) is 3.84. The van der Waals surface area contributed by atoms with Crippen molar-refractivity contribution in [1.82, 2.24) is 28.9 Å². The van der Waals surface area contributed by atoms with Crippen LogP contribution in [0.1, 0.15) is 17.8 Å². The predicted molar refractivity (Wildman–Crippen MR) is 119 cm³/mol. The van der Waals surface area contributed by atoms with Crippen LogP contribution in [0.4, 0.5) is 11.8 Å². The molecule has 4 aromatic rings. The number of aromatic amines is 1. The van der Waals surface area contributed by atoms with Crippen LogP contribution in [0, 0.1) is 13.8 Å². The quantitative estimate of drug-likeness (QED) is 0.423. The number of nitrogens with one attached hydrogen (secondary N) is 2. The van der Waals surface area contributed by atoms with Crippen LogP contribution in [0.2, 0.25) is 0 Å². The fraction of sp³-hybridized carbons (Fsp3) is 0.286. The molecular formula is C21H23N7O3S. The van der Waals surface area contributed by atoms with Gasteiger partial charge in [-0.05, 0) is 32.4 Å². The van der Waals surface area contributed by atoms with Crippen LogP contribution >= 0.6 is 0 Å². The molecule has 1 atom stereocenters. The first-order chi connectivity index (χ1) is 15.3. The van der Waals surface area contributed by atoms with E-state index in [1.807, 2.05) is 42.6 Å². The zero-order chi connectivity index (χ0) is 22.5. The fourth-order valence-corrected chi connectivity index (χ4v) is 5.38. The van der Waals surface area contributed by atoms with E-state index in [9.17, 15) is 13.5 Å². The minimum atomic E-state index is -3.70. The van der Waals surface area contributed by atoms with E-state index < -0.39 is 16.1 Å². The Hall–Kier alpha value is -3.28. The number of rotatable bonds is 5. The summed E-state index contributed by atoms with van der Waals surface area (Å²) in [5, 5.41) is 20.1. The van der Waals surface area contributed by atoms with Crippen molar-refractivity contribution < 1.29 is 13.5 Å². The molecule has 0 amide bonds. The molecule has 32 heavy (non-hydrogen) atoms. The van der Waals surface area contributed by atoms with Crippen molar-refractivity contribution >= 4 is 27.4 Å². The van der Waals surface area contributed by atoms with Crippen LogP contribution in [0.5, 0.6) is 0 Å². The van der Waals surface area contributed by atoms with E-state index in [0.29, 0.717) is 41.6 Å². The summed E-state index contributed by atoms with van der Waals surface area (Å²) in [5.41, 5.74) is 3.64. The standard InChI is InChI=1S/C21H23N7O3S/c1-13-8-19(26-25-13)24-21-23-18(10-20-22-14(2)11-28(20)21)15-4-3-5-17(9-15)32(30,31)27-7-6-16(29)12-27/h3-5,8-11,16,29H,6-7,12H2,1-2H3,(H2,23,24,25,26)/t16-/m0/s1. The lowest BCUT2D eigenvalue weighted by Gasteiger charge is -2.16. The van der Waals surface area contributed by atoms with E-state index in [-0.39, 0.29) is 11.4 Å². The first-order valence-electron chi connectivity index (χ1n) is 10.2. The Kier molecular flexibility index (Phi) is 4.96. The van der Waals surface area contributed by atoms with E-state index >= 15 is 0 Å². The highest BCUT2D eigenvalue weighted by Crippen LogP contribution is 2.28. The van der Waals surface area contributed by atoms with E-state index in [1.54, 1.807) is 18.2 Å². The van der Waals surface area contributed by atoms with Crippen LogP contribution in [-0.2, 0) is 10.0 Å². The van der Waals surface area contributed by atoms with E-state index in [1.165, 1.54) is 4.31 Å². The Balaban J connectivity index is 1.57. The van der Waals surface area contributed by atoms with Gasteiger partial charge in [0.2, 0.25) is 16.0 Å². The molecule has 0 bridgehead atoms. The van der Waals surface area contributed by atoms with Gasteiger partial charge in [0.25, 0.3) is 0 Å². The van der Waals surface area contributed by atoms with Gasteiger partial charge in [0, 0.05) is 42.7 Å². The summed E-state index contributed by atoms with van der Waals surface area (Å²) < 4.78 is 29.2. The monoisotopic (exact) mass is 453 g/mol. The summed E-state index contributed by atoms with van der Waals surface area (Å²) in [4.78, 5) is 9.45. The van der Waals surface area contributed by atoms with Gasteiger partial charge in [0.05, 0.1) is 22.4 Å². The van der Waals surface area contributed by atoms with Crippen LogP contribution in [0.3, 0.4) is 0 Å². The second kappa shape index (κ2) is 7.69. The molecule has 4 heterocycles. The zero-order valence-corrected chi connectivity index (χ0v) is 18.5. The average molecular weight is 454 g/mol. The Morgan fingerprint density at radius 2 is 2.03 bits per heavy atom. The van der Waals surface area contributed by atoms with Crippen molar-refractivity contribution in [2.24, 2.45) is 0 Å². The van der Waals surface area contributed by atoms with Crippen LogP contribution < -0.4 is 5.32 Å². The van der Waals surface area contributed by atoms with E-state index in [0.717, 1.165) is 11.4 Å². The van der Waals surface area contributed by atoms with Crippen molar-refractivity contribution in [1.29, 1.82) is 0 Å². The summed E-state index contributed by atoms with van der Waals surface area (Å²) in [6, 6.07) is 10.4. The summed E-state index contributed by atoms with van der Waals surface area (Å²) in [5.74, 6) is 1.13. The number of hydrogen-bond acceptors (Lipinski definition) is 7. The van der Waals surface area contributed by atoms with Gasteiger partial charge >= 0.3 is 0 Å². The van der Waals surface area contributed by atoms with Crippen LogP contribution in [-0.4, -0.2) is 61.6 Å². The number of aryl methyl sites for hydroxylation is 2. The largest absolute Gasteiger partial charge is 0.392 e. The highest BCUT2D eigenvalue weighted by atomic mass is 32.2. The molecule has 0 radical (unpaired) electrons. The number of β-amino-alcohol motifs (C(OH)–C–C–N with tert-alkyl or cyclic N) is 1. The number of imidazole rings is 1. The molecule has 1 aliphatic heterocycles. The van der Waals surface area contributed by atoms with Gasteiger partial charge in [-0.2, -0.15) is 9.40 Å². The molecule has 1 aliphatic rings. The number of sulfonamides is 1. The lowest BCUT2D eigenvalue weighted by molar-refractivity contribution is 0.189. The van der Waals surface area contributed by atoms with Crippen molar-refractivity contribution in [3.8, 4) is 11.3 Å². The topological polar surface area (TPSA) is 129 Å². The van der Waals surface area contributed by atoms with Crippen LogP contribution in [0.25, 0.3) is 16.9 Å². The molecule has 0 saturated carbocycles. The Morgan fingerprint density at radius 3 is 2.75 bits per heavy atom. The predicted octanol–water partition coefficient (Wildman–Crippen LogP) is 2.24. The lowest BCUT2D eigenvalue weighted by Crippen LogP contribution is -2.29. The molecule has 3 aromatic heterocycles. The minimum Gasteiger partial charge on any atom is -0.392 e. The average Bonchev–Trinajstić information content (AvgIpc) is 3.47. The highest BCUT2D eigenvalue weighted by molar-refractivity contribution is 7.89.